The third-order valence-corrected chi connectivity index (χ3v) is 5.94. The zero-order valence-corrected chi connectivity index (χ0v) is 16.1. The van der Waals surface area contributed by atoms with Gasteiger partial charge in [-0.3, -0.25) is 14.5 Å². The van der Waals surface area contributed by atoms with E-state index in [1.165, 1.54) is 7.05 Å². The average molecular weight is 428 g/mol. The Kier molecular flexibility index (Phi) is 4.13. The summed E-state index contributed by atoms with van der Waals surface area (Å²) in [5.74, 6) is -0.278. The molecule has 1 aliphatic heterocycles. The molecule has 0 radical (unpaired) electrons. The molecule has 4 rings (SSSR count). The second-order valence-corrected chi connectivity index (χ2v) is 7.83. The summed E-state index contributed by atoms with van der Waals surface area (Å²) in [4.78, 5) is 28.7. The van der Waals surface area contributed by atoms with E-state index in [2.05, 4.69) is 20.9 Å². The molecular formula is C19H14BrN3O2S. The highest BCUT2D eigenvalue weighted by Gasteiger charge is 2.31. The van der Waals surface area contributed by atoms with Gasteiger partial charge in [-0.15, -0.1) is 0 Å². The number of carbonyl (C=O) groups is 2. The monoisotopic (exact) mass is 427 g/mol. The topological polar surface area (TPSA) is 79.2 Å². The lowest BCUT2D eigenvalue weighted by molar-refractivity contribution is -0.121. The van der Waals surface area contributed by atoms with Gasteiger partial charge in [-0.25, -0.2) is 0 Å². The van der Waals surface area contributed by atoms with Gasteiger partial charge < -0.3 is 10.7 Å². The summed E-state index contributed by atoms with van der Waals surface area (Å²) < 4.78 is 0.846. The number of anilines is 1. The van der Waals surface area contributed by atoms with Crippen molar-refractivity contribution in [3.05, 3.63) is 57.5 Å². The van der Waals surface area contributed by atoms with Crippen molar-refractivity contribution in [2.45, 2.75) is 0 Å². The van der Waals surface area contributed by atoms with Gasteiger partial charge in [0.05, 0.1) is 4.91 Å². The van der Waals surface area contributed by atoms with Crippen LogP contribution in [0.15, 0.2) is 52.0 Å². The van der Waals surface area contributed by atoms with Gasteiger partial charge in [0, 0.05) is 39.9 Å². The second-order valence-electron chi connectivity index (χ2n) is 5.98. The molecule has 0 bridgehead atoms. The molecule has 2 heterocycles. The Balaban J connectivity index is 1.83. The highest BCUT2D eigenvalue weighted by Crippen LogP contribution is 2.36. The lowest BCUT2D eigenvalue weighted by Crippen LogP contribution is -2.22. The third-order valence-electron chi connectivity index (χ3n) is 4.29. The number of rotatable bonds is 2. The number of imide groups is 1. The van der Waals surface area contributed by atoms with Crippen molar-refractivity contribution in [3.63, 3.8) is 0 Å². The number of nitrogens with one attached hydrogen (secondary N) is 1. The molecule has 1 saturated heterocycles. The second kappa shape index (κ2) is 6.34. The van der Waals surface area contributed by atoms with Crippen LogP contribution in [0.5, 0.6) is 0 Å². The van der Waals surface area contributed by atoms with Gasteiger partial charge in [0.1, 0.15) is 0 Å². The number of hydrogen-bond acceptors (Lipinski definition) is 4. The maximum atomic E-state index is 12.1. The first-order valence-corrected chi connectivity index (χ1v) is 9.43. The molecule has 130 valence electrons. The minimum atomic E-state index is -0.278. The first-order valence-electron chi connectivity index (χ1n) is 7.82. The van der Waals surface area contributed by atoms with Gasteiger partial charge in [-0.1, -0.05) is 28.1 Å². The molecular weight excluding hydrogens is 414 g/mol. The first-order chi connectivity index (χ1) is 12.4. The molecule has 0 atom stereocenters. The van der Waals surface area contributed by atoms with Crippen LogP contribution < -0.4 is 5.73 Å². The van der Waals surface area contributed by atoms with E-state index in [0.717, 1.165) is 48.7 Å². The number of nitrogen functional groups attached to an aromatic ring is 1. The average Bonchev–Trinajstić information content (AvgIpc) is 3.12. The number of carbonyl (C=O) groups excluding carboxylic acids is 2. The molecule has 5 nitrogen and oxygen atoms in total. The highest BCUT2D eigenvalue weighted by molar-refractivity contribution is 9.10. The first kappa shape index (κ1) is 16.9. The molecule has 2 amide bonds. The molecule has 0 saturated carbocycles. The van der Waals surface area contributed by atoms with Crippen LogP contribution in [0.25, 0.3) is 28.1 Å². The predicted molar refractivity (Wildman–Crippen MR) is 110 cm³/mol. The third kappa shape index (κ3) is 2.83. The fraction of sp³-hybridized carbons (Fsp3) is 0.0526. The molecule has 0 aliphatic carbocycles. The number of amides is 2. The predicted octanol–water partition coefficient (Wildman–Crippen LogP) is 4.85. The number of likely N-dealkylation sites (N-methyl/N-ethyl adjacent to an activating group) is 1. The van der Waals surface area contributed by atoms with E-state index in [1.54, 1.807) is 6.08 Å². The van der Waals surface area contributed by atoms with Crippen LogP contribution >= 0.6 is 27.7 Å². The summed E-state index contributed by atoms with van der Waals surface area (Å²) in [5, 5.41) is 0.766. The van der Waals surface area contributed by atoms with E-state index in [9.17, 15) is 9.59 Å². The largest absolute Gasteiger partial charge is 0.399 e. The van der Waals surface area contributed by atoms with Gasteiger partial charge in [0.15, 0.2) is 0 Å². The Morgan fingerprint density at radius 1 is 1.19 bits per heavy atom. The summed E-state index contributed by atoms with van der Waals surface area (Å²) in [7, 11) is 1.49. The molecule has 3 aromatic rings. The molecule has 2 aromatic carbocycles. The van der Waals surface area contributed by atoms with Gasteiger partial charge in [-0.05, 0) is 53.2 Å². The summed E-state index contributed by atoms with van der Waals surface area (Å²) >= 11 is 4.50. The number of halogens is 1. The van der Waals surface area contributed by atoms with Crippen molar-refractivity contribution in [1.82, 2.24) is 9.88 Å². The fourth-order valence-electron chi connectivity index (χ4n) is 2.86. The van der Waals surface area contributed by atoms with Crippen molar-refractivity contribution in [2.24, 2.45) is 0 Å². The molecule has 26 heavy (non-hydrogen) atoms. The fourth-order valence-corrected chi connectivity index (χ4v) is 4.13. The van der Waals surface area contributed by atoms with E-state index >= 15 is 0 Å². The van der Waals surface area contributed by atoms with Gasteiger partial charge >= 0.3 is 0 Å². The van der Waals surface area contributed by atoms with Crippen molar-refractivity contribution in [1.29, 1.82) is 0 Å². The standard InChI is InChI=1S/C19H14BrN3O2S/c1-23-18(24)17(26-19(23)25)7-11-6-13-14(9-22-16(13)8-15(11)20)10-2-4-12(21)5-3-10/h2-9,22H,21H2,1H3/b17-7-. The number of nitrogens with zero attached hydrogens (tertiary/aromatic N) is 1. The normalized spacial score (nSPS) is 16.2. The van der Waals surface area contributed by atoms with Crippen LogP contribution in [-0.2, 0) is 4.79 Å². The minimum Gasteiger partial charge on any atom is -0.399 e. The number of thioether (sulfide) groups is 1. The van der Waals surface area contributed by atoms with E-state index in [4.69, 9.17) is 5.73 Å². The zero-order chi connectivity index (χ0) is 18.4. The van der Waals surface area contributed by atoms with Crippen molar-refractivity contribution < 1.29 is 9.59 Å². The van der Waals surface area contributed by atoms with Crippen molar-refractivity contribution >= 4 is 61.5 Å². The number of hydrogen-bond donors (Lipinski definition) is 2. The highest BCUT2D eigenvalue weighted by atomic mass is 79.9. The van der Waals surface area contributed by atoms with Crippen LogP contribution in [-0.4, -0.2) is 28.1 Å². The summed E-state index contributed by atoms with van der Waals surface area (Å²) in [6, 6.07) is 11.7. The number of aromatic nitrogens is 1. The zero-order valence-electron chi connectivity index (χ0n) is 13.7. The number of fused-ring (bicyclic) bond motifs is 1. The smallest absolute Gasteiger partial charge is 0.293 e. The maximum absolute atomic E-state index is 12.1. The summed E-state index contributed by atoms with van der Waals surface area (Å²) in [5.41, 5.74) is 10.4. The number of aromatic amines is 1. The minimum absolute atomic E-state index is 0.261. The van der Waals surface area contributed by atoms with Crippen molar-refractivity contribution in [2.75, 3.05) is 12.8 Å². The Morgan fingerprint density at radius 3 is 2.58 bits per heavy atom. The van der Waals surface area contributed by atoms with E-state index in [0.29, 0.717) is 10.6 Å². The lowest BCUT2D eigenvalue weighted by atomic mass is 10.0. The Morgan fingerprint density at radius 2 is 1.92 bits per heavy atom. The van der Waals surface area contributed by atoms with Crippen LogP contribution in [0.1, 0.15) is 5.56 Å². The van der Waals surface area contributed by atoms with Crippen LogP contribution in [0.2, 0.25) is 0 Å². The quantitative estimate of drug-likeness (QED) is 0.452. The summed E-state index contributed by atoms with van der Waals surface area (Å²) in [6.45, 7) is 0. The van der Waals surface area contributed by atoms with E-state index in [-0.39, 0.29) is 11.1 Å². The van der Waals surface area contributed by atoms with Crippen molar-refractivity contribution in [3.8, 4) is 11.1 Å². The molecule has 1 fully saturated rings. The Labute approximate surface area is 162 Å². The summed E-state index contributed by atoms with van der Waals surface area (Å²) in [6.07, 6.45) is 3.70. The number of nitrogens with two attached hydrogens (primary N) is 1. The number of H-pyrrole nitrogens is 1. The van der Waals surface area contributed by atoms with E-state index in [1.807, 2.05) is 42.6 Å². The van der Waals surface area contributed by atoms with Crippen LogP contribution in [0.4, 0.5) is 10.5 Å². The SMILES string of the molecule is CN1C(=O)S/C(=C\c2cc3c(-c4ccc(N)cc4)c[nH]c3cc2Br)C1=O. The number of benzene rings is 2. The van der Waals surface area contributed by atoms with Gasteiger partial charge in [0.2, 0.25) is 0 Å². The molecule has 3 N–H and O–H groups in total. The van der Waals surface area contributed by atoms with Crippen LogP contribution in [0, 0.1) is 0 Å². The molecule has 1 aromatic heterocycles. The Bertz CT molecular complexity index is 1090. The maximum Gasteiger partial charge on any atom is 0.293 e. The Hall–Kier alpha value is -2.51. The molecule has 1 aliphatic rings. The van der Waals surface area contributed by atoms with E-state index < -0.39 is 0 Å². The molecule has 0 spiro atoms. The molecule has 0 unspecified atom stereocenters. The molecule has 7 heteroatoms. The van der Waals surface area contributed by atoms with Gasteiger partial charge in [-0.2, -0.15) is 0 Å². The van der Waals surface area contributed by atoms with Crippen LogP contribution in [0.3, 0.4) is 0 Å². The van der Waals surface area contributed by atoms with Gasteiger partial charge in [0.25, 0.3) is 11.1 Å². The lowest BCUT2D eigenvalue weighted by Gasteiger charge is -2.05.